The molecule has 2 aromatic rings. The zero-order valence-electron chi connectivity index (χ0n) is 10.1. The number of thioether (sulfide) groups is 1. The Morgan fingerprint density at radius 1 is 1.42 bits per heavy atom. The molecule has 0 bridgehead atoms. The normalized spacial score (nSPS) is 12.1. The van der Waals surface area contributed by atoms with Crippen molar-refractivity contribution in [2.24, 2.45) is 0 Å². The van der Waals surface area contributed by atoms with Crippen LogP contribution in [0.5, 0.6) is 5.75 Å². The van der Waals surface area contributed by atoms with Gasteiger partial charge >= 0.3 is 5.97 Å². The third-order valence-electron chi connectivity index (χ3n) is 2.18. The number of benzene rings is 1. The SMILES string of the molecule is C[C@@H](Sc1nnc(COc2ccccc2)o1)C(=O)O. The number of carboxylic acids is 1. The minimum atomic E-state index is -0.926. The smallest absolute Gasteiger partial charge is 0.316 e. The standard InChI is InChI=1S/C12H12N2O4S/c1-8(11(15)16)19-12-14-13-10(18-12)7-17-9-5-3-2-4-6-9/h2-6,8H,7H2,1H3,(H,15,16)/t8-/m1/s1. The summed E-state index contributed by atoms with van der Waals surface area (Å²) >= 11 is 0.999. The fourth-order valence-corrected chi connectivity index (χ4v) is 1.84. The molecule has 1 aromatic carbocycles. The summed E-state index contributed by atoms with van der Waals surface area (Å²) in [4.78, 5) is 10.7. The predicted molar refractivity (Wildman–Crippen MR) is 68.0 cm³/mol. The summed E-state index contributed by atoms with van der Waals surface area (Å²) < 4.78 is 10.7. The number of nitrogens with zero attached hydrogens (tertiary/aromatic N) is 2. The zero-order chi connectivity index (χ0) is 13.7. The number of aromatic nitrogens is 2. The average molecular weight is 280 g/mol. The van der Waals surface area contributed by atoms with Gasteiger partial charge in [0.25, 0.3) is 11.1 Å². The largest absolute Gasteiger partial charge is 0.484 e. The first-order valence-electron chi connectivity index (χ1n) is 5.55. The van der Waals surface area contributed by atoms with Crippen molar-refractivity contribution in [3.63, 3.8) is 0 Å². The number of hydrogen-bond donors (Lipinski definition) is 1. The van der Waals surface area contributed by atoms with Gasteiger partial charge < -0.3 is 14.3 Å². The summed E-state index contributed by atoms with van der Waals surface area (Å²) in [7, 11) is 0. The van der Waals surface area contributed by atoms with Gasteiger partial charge in [0.15, 0.2) is 6.61 Å². The molecule has 1 heterocycles. The van der Waals surface area contributed by atoms with Gasteiger partial charge in [-0.3, -0.25) is 4.79 Å². The highest BCUT2D eigenvalue weighted by atomic mass is 32.2. The van der Waals surface area contributed by atoms with Crippen LogP contribution < -0.4 is 4.74 Å². The van der Waals surface area contributed by atoms with E-state index in [9.17, 15) is 4.79 Å². The predicted octanol–water partition coefficient (Wildman–Crippen LogP) is 2.21. The van der Waals surface area contributed by atoms with Gasteiger partial charge in [-0.15, -0.1) is 10.2 Å². The molecule has 1 N–H and O–H groups in total. The summed E-state index contributed by atoms with van der Waals surface area (Å²) in [6, 6.07) is 9.25. The molecule has 100 valence electrons. The van der Waals surface area contributed by atoms with E-state index in [-0.39, 0.29) is 11.8 Å². The van der Waals surface area contributed by atoms with E-state index in [0.29, 0.717) is 11.6 Å². The van der Waals surface area contributed by atoms with Crippen molar-refractivity contribution in [2.75, 3.05) is 0 Å². The second-order valence-corrected chi connectivity index (χ2v) is 4.95. The van der Waals surface area contributed by atoms with Crippen LogP contribution in [0, 0.1) is 0 Å². The molecule has 0 saturated heterocycles. The van der Waals surface area contributed by atoms with E-state index in [1.54, 1.807) is 6.92 Å². The maximum absolute atomic E-state index is 10.7. The third-order valence-corrected chi connectivity index (χ3v) is 3.10. The average Bonchev–Trinajstić information content (AvgIpc) is 2.85. The fourth-order valence-electron chi connectivity index (χ4n) is 1.21. The van der Waals surface area contributed by atoms with E-state index in [1.165, 1.54) is 0 Å². The van der Waals surface area contributed by atoms with Crippen LogP contribution in [-0.4, -0.2) is 26.5 Å². The highest BCUT2D eigenvalue weighted by molar-refractivity contribution is 8.00. The monoisotopic (exact) mass is 280 g/mol. The maximum atomic E-state index is 10.7. The van der Waals surface area contributed by atoms with Crippen LogP contribution >= 0.6 is 11.8 Å². The molecular weight excluding hydrogens is 268 g/mol. The molecule has 0 aliphatic carbocycles. The van der Waals surface area contributed by atoms with Crippen LogP contribution in [0.25, 0.3) is 0 Å². The van der Waals surface area contributed by atoms with E-state index in [2.05, 4.69) is 10.2 Å². The van der Waals surface area contributed by atoms with Crippen LogP contribution in [-0.2, 0) is 11.4 Å². The van der Waals surface area contributed by atoms with Crippen molar-refractivity contribution in [3.05, 3.63) is 36.2 Å². The Morgan fingerprint density at radius 3 is 2.84 bits per heavy atom. The van der Waals surface area contributed by atoms with E-state index in [4.69, 9.17) is 14.3 Å². The van der Waals surface area contributed by atoms with Crippen molar-refractivity contribution in [1.82, 2.24) is 10.2 Å². The van der Waals surface area contributed by atoms with Crippen molar-refractivity contribution in [3.8, 4) is 5.75 Å². The summed E-state index contributed by atoms with van der Waals surface area (Å²) in [6.45, 7) is 1.70. The first-order valence-corrected chi connectivity index (χ1v) is 6.43. The molecule has 1 atom stereocenters. The number of carbonyl (C=O) groups is 1. The summed E-state index contributed by atoms with van der Waals surface area (Å²) in [5.41, 5.74) is 0. The van der Waals surface area contributed by atoms with Crippen molar-refractivity contribution >= 4 is 17.7 Å². The second-order valence-electron chi connectivity index (χ2n) is 3.66. The lowest BCUT2D eigenvalue weighted by Gasteiger charge is -2.02. The first-order chi connectivity index (χ1) is 9.15. The van der Waals surface area contributed by atoms with Crippen LogP contribution in [0.15, 0.2) is 40.0 Å². The minimum Gasteiger partial charge on any atom is -0.484 e. The van der Waals surface area contributed by atoms with Gasteiger partial charge in [-0.05, 0) is 19.1 Å². The number of rotatable bonds is 6. The number of hydrogen-bond acceptors (Lipinski definition) is 6. The zero-order valence-corrected chi connectivity index (χ0v) is 11.0. The lowest BCUT2D eigenvalue weighted by atomic mass is 10.3. The van der Waals surface area contributed by atoms with E-state index >= 15 is 0 Å². The second kappa shape index (κ2) is 6.24. The van der Waals surface area contributed by atoms with Gasteiger partial charge in [0.1, 0.15) is 11.0 Å². The topological polar surface area (TPSA) is 85.5 Å². The number of ether oxygens (including phenoxy) is 1. The molecule has 0 unspecified atom stereocenters. The van der Waals surface area contributed by atoms with Gasteiger partial charge in [0.2, 0.25) is 0 Å². The highest BCUT2D eigenvalue weighted by Gasteiger charge is 2.17. The van der Waals surface area contributed by atoms with Crippen LogP contribution in [0.2, 0.25) is 0 Å². The Morgan fingerprint density at radius 2 is 2.16 bits per heavy atom. The number of para-hydroxylation sites is 1. The Labute approximate surface area is 113 Å². The highest BCUT2D eigenvalue weighted by Crippen LogP contribution is 2.22. The molecule has 6 nitrogen and oxygen atoms in total. The molecular formula is C12H12N2O4S. The number of aliphatic carboxylic acids is 1. The van der Waals surface area contributed by atoms with Crippen molar-refractivity contribution in [1.29, 1.82) is 0 Å². The lowest BCUT2D eigenvalue weighted by molar-refractivity contribution is -0.136. The van der Waals surface area contributed by atoms with Gasteiger partial charge in [-0.25, -0.2) is 0 Å². The van der Waals surface area contributed by atoms with Gasteiger partial charge in [-0.2, -0.15) is 0 Å². The molecule has 7 heteroatoms. The summed E-state index contributed by atoms with van der Waals surface area (Å²) in [6.07, 6.45) is 0. The van der Waals surface area contributed by atoms with Crippen molar-refractivity contribution in [2.45, 2.75) is 24.0 Å². The van der Waals surface area contributed by atoms with E-state index in [1.807, 2.05) is 30.3 Å². The Balaban J connectivity index is 1.89. The lowest BCUT2D eigenvalue weighted by Crippen LogP contribution is -2.10. The molecule has 0 saturated carbocycles. The fraction of sp³-hybridized carbons (Fsp3) is 0.250. The maximum Gasteiger partial charge on any atom is 0.316 e. The quantitative estimate of drug-likeness (QED) is 0.812. The Hall–Kier alpha value is -2.02. The minimum absolute atomic E-state index is 0.152. The van der Waals surface area contributed by atoms with Gasteiger partial charge in [0, 0.05) is 0 Å². The van der Waals surface area contributed by atoms with Gasteiger partial charge in [-0.1, -0.05) is 30.0 Å². The first kappa shape index (κ1) is 13.4. The van der Waals surface area contributed by atoms with Crippen LogP contribution in [0.3, 0.4) is 0 Å². The molecule has 0 spiro atoms. The molecule has 0 fully saturated rings. The van der Waals surface area contributed by atoms with Crippen molar-refractivity contribution < 1.29 is 19.1 Å². The molecule has 0 aliphatic heterocycles. The summed E-state index contributed by atoms with van der Waals surface area (Å²) in [5.74, 6) is 0.0861. The Bertz CT molecular complexity index is 544. The molecule has 1 aromatic heterocycles. The summed E-state index contributed by atoms with van der Waals surface area (Å²) in [5, 5.41) is 15.9. The molecule has 19 heavy (non-hydrogen) atoms. The van der Waals surface area contributed by atoms with Crippen LogP contribution in [0.1, 0.15) is 12.8 Å². The van der Waals surface area contributed by atoms with Crippen LogP contribution in [0.4, 0.5) is 0 Å². The van der Waals surface area contributed by atoms with E-state index in [0.717, 1.165) is 11.8 Å². The Kier molecular flexibility index (Phi) is 4.40. The molecule has 0 radical (unpaired) electrons. The molecule has 2 rings (SSSR count). The molecule has 0 amide bonds. The third kappa shape index (κ3) is 3.99. The molecule has 0 aliphatic rings. The van der Waals surface area contributed by atoms with Gasteiger partial charge in [0.05, 0.1) is 0 Å². The number of carboxylic acid groups (broad SMARTS) is 1. The van der Waals surface area contributed by atoms with E-state index < -0.39 is 11.2 Å².